The molecule has 2 rings (SSSR count). The first-order valence-corrected chi connectivity index (χ1v) is 4.74. The molecule has 2 aromatic rings. The van der Waals surface area contributed by atoms with Crippen molar-refractivity contribution in [3.8, 4) is 0 Å². The zero-order valence-electron chi connectivity index (χ0n) is 7.19. The molecule has 4 heteroatoms. The van der Waals surface area contributed by atoms with Gasteiger partial charge >= 0.3 is 0 Å². The van der Waals surface area contributed by atoms with Crippen molar-refractivity contribution in [3.63, 3.8) is 0 Å². The molecule has 0 amide bonds. The molecule has 0 bridgehead atoms. The number of hydrogen-bond donors (Lipinski definition) is 1. The van der Waals surface area contributed by atoms with E-state index in [1.807, 2.05) is 18.2 Å². The van der Waals surface area contributed by atoms with Gasteiger partial charge in [0.1, 0.15) is 0 Å². The largest absolute Gasteiger partial charge is 0.323 e. The van der Waals surface area contributed by atoms with Crippen molar-refractivity contribution in [2.45, 2.75) is 0 Å². The fraction of sp³-hybridized carbons (Fsp3) is 0.111. The monoisotopic (exact) mass is 191 g/mol. The summed E-state index contributed by atoms with van der Waals surface area (Å²) in [6.07, 6.45) is 1.64. The maximum Gasteiger partial charge on any atom is 0.188 e. The second kappa shape index (κ2) is 3.53. The van der Waals surface area contributed by atoms with Crippen molar-refractivity contribution in [2.24, 2.45) is 4.99 Å². The van der Waals surface area contributed by atoms with Crippen molar-refractivity contribution in [2.75, 3.05) is 12.4 Å². The Labute approximate surface area is 80.1 Å². The number of anilines is 1. The molecular weight excluding hydrogens is 182 g/mol. The SMILES string of the molecule is CN=CNc1nc2ccccc2s1. The lowest BCUT2D eigenvalue weighted by Crippen LogP contribution is -1.92. The molecule has 0 unspecified atom stereocenters. The van der Waals surface area contributed by atoms with Crippen molar-refractivity contribution in [3.05, 3.63) is 24.3 Å². The first kappa shape index (κ1) is 8.19. The third-order valence-electron chi connectivity index (χ3n) is 1.61. The van der Waals surface area contributed by atoms with Crippen LogP contribution in [0.3, 0.4) is 0 Å². The van der Waals surface area contributed by atoms with E-state index in [1.54, 1.807) is 24.7 Å². The predicted octanol–water partition coefficient (Wildman–Crippen LogP) is 2.37. The zero-order chi connectivity index (χ0) is 9.10. The number of nitrogens with one attached hydrogen (secondary N) is 1. The molecule has 0 spiro atoms. The summed E-state index contributed by atoms with van der Waals surface area (Å²) in [5, 5.41) is 3.88. The molecule has 0 fully saturated rings. The highest BCUT2D eigenvalue weighted by Crippen LogP contribution is 2.24. The molecule has 0 atom stereocenters. The van der Waals surface area contributed by atoms with E-state index in [-0.39, 0.29) is 0 Å². The molecular formula is C9H9N3S. The standard InChI is InChI=1S/C9H9N3S/c1-10-6-11-9-12-7-4-2-3-5-8(7)13-9/h2-6H,1H3,(H,10,11,12). The lowest BCUT2D eigenvalue weighted by molar-refractivity contribution is 1.43. The summed E-state index contributed by atoms with van der Waals surface area (Å²) in [6, 6.07) is 8.05. The first-order valence-electron chi connectivity index (χ1n) is 3.93. The van der Waals surface area contributed by atoms with Crippen LogP contribution in [-0.2, 0) is 0 Å². The fourth-order valence-electron chi connectivity index (χ4n) is 1.05. The number of thiazole rings is 1. The van der Waals surface area contributed by atoms with Crippen molar-refractivity contribution < 1.29 is 0 Å². The maximum absolute atomic E-state index is 4.37. The summed E-state index contributed by atoms with van der Waals surface area (Å²) in [6.45, 7) is 0. The lowest BCUT2D eigenvalue weighted by Gasteiger charge is -1.87. The van der Waals surface area contributed by atoms with E-state index in [9.17, 15) is 0 Å². The van der Waals surface area contributed by atoms with Gasteiger partial charge in [-0.1, -0.05) is 23.5 Å². The molecule has 0 saturated heterocycles. The Balaban J connectivity index is 2.38. The van der Waals surface area contributed by atoms with Gasteiger partial charge in [0.25, 0.3) is 0 Å². The van der Waals surface area contributed by atoms with Gasteiger partial charge in [0.05, 0.1) is 16.6 Å². The predicted molar refractivity (Wildman–Crippen MR) is 57.7 cm³/mol. The van der Waals surface area contributed by atoms with Crippen LogP contribution in [0.5, 0.6) is 0 Å². The number of rotatable bonds is 2. The molecule has 0 aliphatic heterocycles. The highest BCUT2D eigenvalue weighted by molar-refractivity contribution is 7.22. The Hall–Kier alpha value is -1.42. The lowest BCUT2D eigenvalue weighted by atomic mass is 10.3. The molecule has 0 radical (unpaired) electrons. The van der Waals surface area contributed by atoms with Crippen LogP contribution in [0.1, 0.15) is 0 Å². The van der Waals surface area contributed by atoms with E-state index in [4.69, 9.17) is 0 Å². The number of hydrogen-bond acceptors (Lipinski definition) is 3. The molecule has 0 saturated carbocycles. The van der Waals surface area contributed by atoms with Crippen molar-refractivity contribution >= 4 is 33.0 Å². The summed E-state index contributed by atoms with van der Waals surface area (Å²) in [5.41, 5.74) is 1.03. The van der Waals surface area contributed by atoms with Crippen LogP contribution in [0.2, 0.25) is 0 Å². The normalized spacial score (nSPS) is 11.2. The summed E-state index contributed by atoms with van der Waals surface area (Å²) < 4.78 is 1.19. The van der Waals surface area contributed by atoms with Crippen LogP contribution in [0.4, 0.5) is 5.13 Å². The van der Waals surface area contributed by atoms with Crippen molar-refractivity contribution in [1.29, 1.82) is 0 Å². The highest BCUT2D eigenvalue weighted by Gasteiger charge is 1.99. The zero-order valence-corrected chi connectivity index (χ0v) is 8.01. The van der Waals surface area contributed by atoms with Gasteiger partial charge in [-0.2, -0.15) is 0 Å². The van der Waals surface area contributed by atoms with Gasteiger partial charge in [-0.25, -0.2) is 4.98 Å². The number of aliphatic imine (C=N–C) groups is 1. The summed E-state index contributed by atoms with van der Waals surface area (Å²) >= 11 is 1.62. The highest BCUT2D eigenvalue weighted by atomic mass is 32.1. The van der Waals surface area contributed by atoms with E-state index in [0.29, 0.717) is 0 Å². The van der Waals surface area contributed by atoms with Gasteiger partial charge in [0.15, 0.2) is 5.13 Å². The minimum atomic E-state index is 0.881. The molecule has 1 aromatic heterocycles. The molecule has 0 aliphatic rings. The van der Waals surface area contributed by atoms with Crippen LogP contribution in [0.15, 0.2) is 29.3 Å². The van der Waals surface area contributed by atoms with Gasteiger partial charge in [-0.15, -0.1) is 0 Å². The van der Waals surface area contributed by atoms with Crippen LogP contribution in [0.25, 0.3) is 10.2 Å². The molecule has 3 nitrogen and oxygen atoms in total. The van der Waals surface area contributed by atoms with Crippen LogP contribution in [-0.4, -0.2) is 18.4 Å². The van der Waals surface area contributed by atoms with Gasteiger partial charge in [0, 0.05) is 7.05 Å². The van der Waals surface area contributed by atoms with Crippen LogP contribution in [0, 0.1) is 0 Å². The fourth-order valence-corrected chi connectivity index (χ4v) is 1.88. The van der Waals surface area contributed by atoms with Crippen LogP contribution >= 0.6 is 11.3 Å². The molecule has 1 aromatic carbocycles. The quantitative estimate of drug-likeness (QED) is 0.584. The Kier molecular flexibility index (Phi) is 2.23. The summed E-state index contributed by atoms with van der Waals surface area (Å²) in [4.78, 5) is 8.20. The first-order chi connectivity index (χ1) is 6.40. The van der Waals surface area contributed by atoms with Gasteiger partial charge < -0.3 is 5.32 Å². The second-order valence-electron chi connectivity index (χ2n) is 2.52. The summed E-state index contributed by atoms with van der Waals surface area (Å²) in [5.74, 6) is 0. The minimum absolute atomic E-state index is 0.881. The third kappa shape index (κ3) is 1.67. The van der Waals surface area contributed by atoms with E-state index in [1.165, 1.54) is 4.70 Å². The van der Waals surface area contributed by atoms with Gasteiger partial charge in [0.2, 0.25) is 0 Å². The Bertz CT molecular complexity index is 400. The Morgan fingerprint density at radius 2 is 2.31 bits per heavy atom. The summed E-state index contributed by atoms with van der Waals surface area (Å²) in [7, 11) is 1.72. The minimum Gasteiger partial charge on any atom is -0.323 e. The Morgan fingerprint density at radius 1 is 1.46 bits per heavy atom. The van der Waals surface area contributed by atoms with E-state index < -0.39 is 0 Å². The van der Waals surface area contributed by atoms with E-state index in [0.717, 1.165) is 10.6 Å². The third-order valence-corrected chi connectivity index (χ3v) is 2.58. The number of para-hydroxylation sites is 1. The smallest absolute Gasteiger partial charge is 0.188 e. The molecule has 0 aliphatic carbocycles. The average molecular weight is 191 g/mol. The molecule has 13 heavy (non-hydrogen) atoms. The maximum atomic E-state index is 4.37. The Morgan fingerprint density at radius 3 is 3.08 bits per heavy atom. The molecule has 66 valence electrons. The molecule has 1 heterocycles. The number of fused-ring (bicyclic) bond motifs is 1. The topological polar surface area (TPSA) is 37.3 Å². The van der Waals surface area contributed by atoms with E-state index >= 15 is 0 Å². The van der Waals surface area contributed by atoms with Gasteiger partial charge in [-0.3, -0.25) is 4.99 Å². The molecule has 1 N–H and O–H groups in total. The van der Waals surface area contributed by atoms with Gasteiger partial charge in [-0.05, 0) is 12.1 Å². The van der Waals surface area contributed by atoms with E-state index in [2.05, 4.69) is 21.4 Å². The average Bonchev–Trinajstić information content (AvgIpc) is 2.57. The van der Waals surface area contributed by atoms with Crippen LogP contribution < -0.4 is 5.32 Å². The second-order valence-corrected chi connectivity index (χ2v) is 3.55. The number of benzene rings is 1. The number of aromatic nitrogens is 1. The van der Waals surface area contributed by atoms with Crippen molar-refractivity contribution in [1.82, 2.24) is 4.98 Å². The number of nitrogens with zero attached hydrogens (tertiary/aromatic N) is 2.